The highest BCUT2D eigenvalue weighted by Crippen LogP contribution is 2.57. The van der Waals surface area contributed by atoms with Crippen molar-refractivity contribution < 1.29 is 32.6 Å². The molecule has 0 aromatic heterocycles. The van der Waals surface area contributed by atoms with Crippen molar-refractivity contribution in [1.82, 2.24) is 0 Å². The quantitative estimate of drug-likeness (QED) is 0.468. The van der Waals surface area contributed by atoms with E-state index in [-0.39, 0.29) is 0 Å². The average Bonchev–Trinajstić information content (AvgIpc) is 1.81. The predicted octanol–water partition coefficient (Wildman–Crippen LogP) is 0.236. The molecule has 0 heterocycles. The molecule has 0 bridgehead atoms. The van der Waals surface area contributed by atoms with Crippen LogP contribution in [-0.2, 0) is 18.0 Å². The van der Waals surface area contributed by atoms with Gasteiger partial charge in [-0.2, -0.15) is 4.31 Å². The average molecular weight is 230 g/mol. The van der Waals surface area contributed by atoms with E-state index in [2.05, 4.69) is 20.7 Å². The van der Waals surface area contributed by atoms with Crippen molar-refractivity contribution in [2.75, 3.05) is 6.61 Å². The maximum absolute atomic E-state index is 10.7. The van der Waals surface area contributed by atoms with Gasteiger partial charge in [0.1, 0.15) is 6.61 Å². The fourth-order valence-corrected chi connectivity index (χ4v) is 1.84. The lowest BCUT2D eigenvalue weighted by atomic mass is 10.6. The Morgan fingerprint density at radius 1 is 1.31 bits per heavy atom. The fraction of sp³-hybridized carbons (Fsp3) is 0.500. The van der Waals surface area contributed by atoms with E-state index in [1.54, 1.807) is 0 Å². The van der Waals surface area contributed by atoms with E-state index in [4.69, 9.17) is 14.7 Å². The van der Waals surface area contributed by atoms with Crippen molar-refractivity contribution in [3.8, 4) is 11.8 Å². The first kappa shape index (κ1) is 12.8. The van der Waals surface area contributed by atoms with E-state index >= 15 is 0 Å². The first-order valence-electron chi connectivity index (χ1n) is 2.91. The third-order valence-corrected chi connectivity index (χ3v) is 2.82. The van der Waals surface area contributed by atoms with Gasteiger partial charge in [-0.3, -0.25) is 4.52 Å². The van der Waals surface area contributed by atoms with Crippen molar-refractivity contribution >= 4 is 15.6 Å². The molecule has 0 radical (unpaired) electrons. The van der Waals surface area contributed by atoms with Crippen molar-refractivity contribution in [3.63, 3.8) is 0 Å². The van der Waals surface area contributed by atoms with Crippen LogP contribution in [0.15, 0.2) is 0 Å². The zero-order valence-corrected chi connectivity index (χ0v) is 8.37. The van der Waals surface area contributed by atoms with Crippen LogP contribution in [0.4, 0.5) is 0 Å². The molecule has 0 spiro atoms. The Bertz CT molecular complexity index is 306. The van der Waals surface area contributed by atoms with E-state index in [1.165, 1.54) is 6.92 Å². The molecular weight excluding hydrogens is 222 g/mol. The molecular formula is C4H8O7P2. The largest absolute Gasteiger partial charge is 0.482 e. The van der Waals surface area contributed by atoms with Gasteiger partial charge in [-0.25, -0.2) is 9.13 Å². The van der Waals surface area contributed by atoms with Gasteiger partial charge >= 0.3 is 15.6 Å². The molecule has 9 heteroatoms. The van der Waals surface area contributed by atoms with E-state index in [0.717, 1.165) is 0 Å². The molecule has 0 aliphatic heterocycles. The Morgan fingerprint density at radius 3 is 2.23 bits per heavy atom. The molecule has 3 N–H and O–H groups in total. The van der Waals surface area contributed by atoms with Gasteiger partial charge in [0.05, 0.1) is 0 Å². The van der Waals surface area contributed by atoms with Gasteiger partial charge in [0.2, 0.25) is 0 Å². The van der Waals surface area contributed by atoms with Crippen LogP contribution in [0.5, 0.6) is 0 Å². The Hall–Kier alpha value is -0.180. The highest BCUT2D eigenvalue weighted by atomic mass is 31.3. The van der Waals surface area contributed by atoms with Crippen LogP contribution in [0.25, 0.3) is 0 Å². The maximum atomic E-state index is 10.7. The molecule has 1 atom stereocenters. The Labute approximate surface area is 74.5 Å². The summed E-state index contributed by atoms with van der Waals surface area (Å²) in [6, 6.07) is 0. The zero-order valence-electron chi connectivity index (χ0n) is 6.58. The number of hydrogen-bond donors (Lipinski definition) is 3. The van der Waals surface area contributed by atoms with Crippen LogP contribution in [0.1, 0.15) is 6.92 Å². The van der Waals surface area contributed by atoms with Crippen LogP contribution in [0.3, 0.4) is 0 Å². The molecule has 0 amide bonds. The summed E-state index contributed by atoms with van der Waals surface area (Å²) >= 11 is 0. The van der Waals surface area contributed by atoms with Gasteiger partial charge in [0.25, 0.3) is 0 Å². The molecule has 0 aromatic rings. The molecule has 0 saturated heterocycles. The van der Waals surface area contributed by atoms with Crippen LogP contribution in [-0.4, -0.2) is 21.3 Å². The SMILES string of the molecule is CC#CCOP(=O)(O)OP(=O)(O)O. The Kier molecular flexibility index (Phi) is 4.82. The van der Waals surface area contributed by atoms with Gasteiger partial charge < -0.3 is 14.7 Å². The second-order valence-corrected chi connectivity index (χ2v) is 4.57. The lowest BCUT2D eigenvalue weighted by Gasteiger charge is -2.09. The summed E-state index contributed by atoms with van der Waals surface area (Å²) in [5.41, 5.74) is 0. The van der Waals surface area contributed by atoms with Gasteiger partial charge in [0.15, 0.2) is 0 Å². The molecule has 13 heavy (non-hydrogen) atoms. The van der Waals surface area contributed by atoms with E-state index in [9.17, 15) is 9.13 Å². The molecule has 0 fully saturated rings. The van der Waals surface area contributed by atoms with Crippen LogP contribution >= 0.6 is 15.6 Å². The second-order valence-electron chi connectivity index (χ2n) is 1.74. The third-order valence-electron chi connectivity index (χ3n) is 0.686. The normalized spacial score (nSPS) is 15.7. The summed E-state index contributed by atoms with van der Waals surface area (Å²) < 4.78 is 28.3. The smallest absolute Gasteiger partial charge is 0.302 e. The summed E-state index contributed by atoms with van der Waals surface area (Å²) in [6.45, 7) is 1.03. The molecule has 76 valence electrons. The highest BCUT2D eigenvalue weighted by molar-refractivity contribution is 7.60. The molecule has 1 unspecified atom stereocenters. The van der Waals surface area contributed by atoms with Crippen molar-refractivity contribution in [2.24, 2.45) is 0 Å². The first-order valence-corrected chi connectivity index (χ1v) is 5.93. The fourth-order valence-electron chi connectivity index (χ4n) is 0.344. The Balaban J connectivity index is 4.15. The van der Waals surface area contributed by atoms with Crippen LogP contribution in [0.2, 0.25) is 0 Å². The standard InChI is InChI=1S/C4H8O7P2/c1-2-3-4-10-13(8,9)11-12(5,6)7/h4H2,1H3,(H,8,9)(H2,5,6,7). The molecule has 7 nitrogen and oxygen atoms in total. The lowest BCUT2D eigenvalue weighted by molar-refractivity contribution is 0.193. The monoisotopic (exact) mass is 230 g/mol. The van der Waals surface area contributed by atoms with E-state index < -0.39 is 22.3 Å². The predicted molar refractivity (Wildman–Crippen MR) is 42.4 cm³/mol. The van der Waals surface area contributed by atoms with Gasteiger partial charge in [0, 0.05) is 0 Å². The van der Waals surface area contributed by atoms with Crippen molar-refractivity contribution in [2.45, 2.75) is 6.92 Å². The summed E-state index contributed by atoms with van der Waals surface area (Å²) in [7, 11) is -9.73. The summed E-state index contributed by atoms with van der Waals surface area (Å²) in [5, 5.41) is 0. The maximum Gasteiger partial charge on any atom is 0.482 e. The minimum Gasteiger partial charge on any atom is -0.302 e. The summed E-state index contributed by atoms with van der Waals surface area (Å²) in [6.07, 6.45) is 0. The molecule has 0 aliphatic rings. The Morgan fingerprint density at radius 2 is 1.85 bits per heavy atom. The lowest BCUT2D eigenvalue weighted by Crippen LogP contribution is -1.93. The topological polar surface area (TPSA) is 113 Å². The minimum absolute atomic E-state index is 0.440. The van der Waals surface area contributed by atoms with Gasteiger partial charge in [-0.05, 0) is 6.92 Å². The zero-order chi connectivity index (χ0) is 10.5. The number of hydrogen-bond acceptors (Lipinski definition) is 4. The van der Waals surface area contributed by atoms with Gasteiger partial charge in [-0.1, -0.05) is 5.92 Å². The number of phosphoric acid groups is 2. The summed E-state index contributed by atoms with van der Waals surface area (Å²) in [5.74, 6) is 4.60. The van der Waals surface area contributed by atoms with Crippen molar-refractivity contribution in [3.05, 3.63) is 0 Å². The first-order chi connectivity index (χ1) is 5.77. The van der Waals surface area contributed by atoms with Crippen LogP contribution < -0.4 is 0 Å². The van der Waals surface area contributed by atoms with E-state index in [0.29, 0.717) is 0 Å². The molecule has 0 saturated carbocycles. The highest BCUT2D eigenvalue weighted by Gasteiger charge is 2.31. The summed E-state index contributed by atoms with van der Waals surface area (Å²) in [4.78, 5) is 24.9. The minimum atomic E-state index is -5.02. The number of rotatable bonds is 4. The van der Waals surface area contributed by atoms with E-state index in [1.807, 2.05) is 0 Å². The molecule has 0 aliphatic carbocycles. The third kappa shape index (κ3) is 8.16. The molecule has 0 aromatic carbocycles. The van der Waals surface area contributed by atoms with Crippen molar-refractivity contribution in [1.29, 1.82) is 0 Å². The second kappa shape index (κ2) is 4.89. The van der Waals surface area contributed by atoms with Gasteiger partial charge in [-0.15, -0.1) is 5.92 Å². The van der Waals surface area contributed by atoms with Crippen LogP contribution in [0, 0.1) is 11.8 Å². The number of phosphoric ester groups is 1. The molecule has 0 rings (SSSR count).